The fourth-order valence-electron chi connectivity index (χ4n) is 3.06. The molecule has 0 aromatic heterocycles. The molecule has 0 aliphatic carbocycles. The van der Waals surface area contributed by atoms with E-state index in [0.717, 1.165) is 37.9 Å². The van der Waals surface area contributed by atoms with Crippen molar-refractivity contribution in [3.63, 3.8) is 0 Å². The topological polar surface area (TPSA) is 86.7 Å². The van der Waals surface area contributed by atoms with Crippen molar-refractivity contribution in [1.82, 2.24) is 0 Å². The zero-order valence-corrected chi connectivity index (χ0v) is 17.4. The molecule has 0 amide bonds. The quantitative estimate of drug-likeness (QED) is 0.614. The number of carbonyl (C=O) groups is 1. The van der Waals surface area contributed by atoms with E-state index in [0.29, 0.717) is 5.69 Å². The van der Waals surface area contributed by atoms with Crippen molar-refractivity contribution in [2.45, 2.75) is 44.9 Å². The number of carboxylic acid groups (broad SMARTS) is 1. The van der Waals surface area contributed by atoms with Crippen LogP contribution in [-0.4, -0.2) is 32.6 Å². The number of nitrogens with zero attached hydrogens (tertiary/aromatic N) is 1. The lowest BCUT2D eigenvalue weighted by Crippen LogP contribution is -2.27. The monoisotopic (exact) mass is 404 g/mol. The van der Waals surface area contributed by atoms with Crippen molar-refractivity contribution in [3.8, 4) is 0 Å². The minimum atomic E-state index is -3.79. The highest BCUT2D eigenvalue weighted by molar-refractivity contribution is 7.92. The standard InChI is InChI=1S/C21H28N2O4S/c1-4-13-23(14-5-2)20-12-9-17(15-19(20)21(24)25)22-28(26,27)18-10-7-16(6-3)8-11-18/h7-12,15,22H,4-6,13-14H2,1-3H3,(H,24,25). The molecule has 0 unspecified atom stereocenters. The minimum Gasteiger partial charge on any atom is -0.478 e. The number of aryl methyl sites for hydroxylation is 1. The second kappa shape index (κ2) is 9.59. The molecule has 152 valence electrons. The second-order valence-corrected chi connectivity index (χ2v) is 8.31. The minimum absolute atomic E-state index is 0.0865. The maximum Gasteiger partial charge on any atom is 0.337 e. The summed E-state index contributed by atoms with van der Waals surface area (Å²) in [5, 5.41) is 9.64. The number of anilines is 2. The highest BCUT2D eigenvalue weighted by atomic mass is 32.2. The first-order valence-corrected chi connectivity index (χ1v) is 11.0. The summed E-state index contributed by atoms with van der Waals surface area (Å²) in [6.45, 7) is 7.55. The Kier molecular flexibility index (Phi) is 7.45. The average Bonchev–Trinajstić information content (AvgIpc) is 2.67. The molecule has 7 heteroatoms. The van der Waals surface area contributed by atoms with Gasteiger partial charge in [0, 0.05) is 18.8 Å². The SMILES string of the molecule is CCCN(CCC)c1ccc(NS(=O)(=O)c2ccc(CC)cc2)cc1C(=O)O. The van der Waals surface area contributed by atoms with Gasteiger partial charge in [-0.3, -0.25) is 4.72 Å². The molecule has 6 nitrogen and oxygen atoms in total. The van der Waals surface area contributed by atoms with Gasteiger partial charge in [0.1, 0.15) is 0 Å². The molecular weight excluding hydrogens is 376 g/mol. The molecule has 2 aromatic rings. The van der Waals surface area contributed by atoms with Gasteiger partial charge in [0.25, 0.3) is 10.0 Å². The molecule has 0 atom stereocenters. The number of rotatable bonds is 10. The molecule has 0 bridgehead atoms. The lowest BCUT2D eigenvalue weighted by Gasteiger charge is -2.25. The summed E-state index contributed by atoms with van der Waals surface area (Å²) in [6, 6.07) is 11.3. The molecule has 0 saturated carbocycles. The third-order valence-electron chi connectivity index (χ3n) is 4.45. The molecule has 0 radical (unpaired) electrons. The first kappa shape index (κ1) is 21.8. The summed E-state index contributed by atoms with van der Waals surface area (Å²) in [6.07, 6.45) is 2.60. The molecule has 0 aliphatic heterocycles. The summed E-state index contributed by atoms with van der Waals surface area (Å²) < 4.78 is 27.8. The summed E-state index contributed by atoms with van der Waals surface area (Å²) in [7, 11) is -3.79. The largest absolute Gasteiger partial charge is 0.478 e. The van der Waals surface area contributed by atoms with Crippen LogP contribution in [0.2, 0.25) is 0 Å². The third kappa shape index (κ3) is 5.25. The van der Waals surface area contributed by atoms with Crippen LogP contribution in [0.3, 0.4) is 0 Å². The van der Waals surface area contributed by atoms with E-state index in [9.17, 15) is 18.3 Å². The highest BCUT2D eigenvalue weighted by Gasteiger charge is 2.19. The molecule has 28 heavy (non-hydrogen) atoms. The van der Waals surface area contributed by atoms with Crippen molar-refractivity contribution >= 4 is 27.4 Å². The van der Waals surface area contributed by atoms with Crippen molar-refractivity contribution in [1.29, 1.82) is 0 Å². The average molecular weight is 405 g/mol. The fraction of sp³-hybridized carbons (Fsp3) is 0.381. The van der Waals surface area contributed by atoms with Gasteiger partial charge >= 0.3 is 5.97 Å². The molecule has 2 N–H and O–H groups in total. The van der Waals surface area contributed by atoms with Gasteiger partial charge in [-0.2, -0.15) is 0 Å². The first-order chi connectivity index (χ1) is 13.3. The van der Waals surface area contributed by atoms with Crippen LogP contribution in [0.4, 0.5) is 11.4 Å². The molecule has 0 aliphatic rings. The lowest BCUT2D eigenvalue weighted by molar-refractivity contribution is 0.0697. The van der Waals surface area contributed by atoms with Crippen LogP contribution in [0.1, 0.15) is 49.5 Å². The van der Waals surface area contributed by atoms with Crippen LogP contribution in [-0.2, 0) is 16.4 Å². The van der Waals surface area contributed by atoms with Gasteiger partial charge < -0.3 is 10.0 Å². The Morgan fingerprint density at radius 1 is 1.00 bits per heavy atom. The Morgan fingerprint density at radius 2 is 1.61 bits per heavy atom. The van der Waals surface area contributed by atoms with Crippen LogP contribution in [0, 0.1) is 0 Å². The number of aromatic carboxylic acids is 1. The van der Waals surface area contributed by atoms with Gasteiger partial charge in [0.05, 0.1) is 16.1 Å². The summed E-state index contributed by atoms with van der Waals surface area (Å²) in [5.41, 5.74) is 1.96. The van der Waals surface area contributed by atoms with E-state index in [1.54, 1.807) is 36.4 Å². The van der Waals surface area contributed by atoms with Crippen molar-refractivity contribution in [2.75, 3.05) is 22.7 Å². The summed E-state index contributed by atoms with van der Waals surface area (Å²) >= 11 is 0. The molecular formula is C21H28N2O4S. The molecule has 2 rings (SSSR count). The maximum absolute atomic E-state index is 12.6. The van der Waals surface area contributed by atoms with E-state index in [2.05, 4.69) is 4.72 Å². The number of sulfonamides is 1. The first-order valence-electron chi connectivity index (χ1n) is 9.56. The molecule has 0 saturated heterocycles. The molecule has 0 spiro atoms. The third-order valence-corrected chi connectivity index (χ3v) is 5.85. The number of hydrogen-bond donors (Lipinski definition) is 2. The smallest absolute Gasteiger partial charge is 0.337 e. The van der Waals surface area contributed by atoms with Crippen LogP contribution in [0.25, 0.3) is 0 Å². The van der Waals surface area contributed by atoms with Crippen molar-refractivity contribution in [3.05, 3.63) is 53.6 Å². The zero-order valence-electron chi connectivity index (χ0n) is 16.6. The molecule has 0 heterocycles. The van der Waals surface area contributed by atoms with Crippen molar-refractivity contribution < 1.29 is 18.3 Å². The van der Waals surface area contributed by atoms with Gasteiger partial charge in [-0.1, -0.05) is 32.9 Å². The van der Waals surface area contributed by atoms with Crippen molar-refractivity contribution in [2.24, 2.45) is 0 Å². The van der Waals surface area contributed by atoms with E-state index >= 15 is 0 Å². The van der Waals surface area contributed by atoms with Crippen LogP contribution < -0.4 is 9.62 Å². The Balaban J connectivity index is 2.35. The van der Waals surface area contributed by atoms with E-state index < -0.39 is 16.0 Å². The fourth-order valence-corrected chi connectivity index (χ4v) is 4.11. The summed E-state index contributed by atoms with van der Waals surface area (Å²) in [5.74, 6) is -1.08. The number of nitrogens with one attached hydrogen (secondary N) is 1. The van der Waals surface area contributed by atoms with Crippen LogP contribution in [0.15, 0.2) is 47.4 Å². The maximum atomic E-state index is 12.6. The van der Waals surface area contributed by atoms with Gasteiger partial charge in [0.15, 0.2) is 0 Å². The van der Waals surface area contributed by atoms with Gasteiger partial charge in [0.2, 0.25) is 0 Å². The predicted molar refractivity (Wildman–Crippen MR) is 113 cm³/mol. The van der Waals surface area contributed by atoms with E-state index in [1.165, 1.54) is 6.07 Å². The zero-order chi connectivity index (χ0) is 20.7. The number of hydrogen-bond acceptors (Lipinski definition) is 4. The van der Waals surface area contributed by atoms with E-state index in [1.807, 2.05) is 25.7 Å². The number of carboxylic acids is 1. The van der Waals surface area contributed by atoms with E-state index in [4.69, 9.17) is 0 Å². The predicted octanol–water partition coefficient (Wildman–Crippen LogP) is 4.37. The van der Waals surface area contributed by atoms with Gasteiger partial charge in [-0.15, -0.1) is 0 Å². The normalized spacial score (nSPS) is 11.2. The Morgan fingerprint density at radius 3 is 2.11 bits per heavy atom. The Labute approximate surface area is 167 Å². The van der Waals surface area contributed by atoms with Gasteiger partial charge in [-0.05, 0) is 55.2 Å². The Hall–Kier alpha value is -2.54. The second-order valence-electron chi connectivity index (χ2n) is 6.63. The van der Waals surface area contributed by atoms with Crippen LogP contribution in [0.5, 0.6) is 0 Å². The molecule has 0 fully saturated rings. The molecule has 2 aromatic carbocycles. The van der Waals surface area contributed by atoms with Gasteiger partial charge in [-0.25, -0.2) is 13.2 Å². The highest BCUT2D eigenvalue weighted by Crippen LogP contribution is 2.27. The number of benzene rings is 2. The van der Waals surface area contributed by atoms with Crippen LogP contribution >= 0.6 is 0 Å². The van der Waals surface area contributed by atoms with E-state index in [-0.39, 0.29) is 16.1 Å². The Bertz CT molecular complexity index is 903. The lowest BCUT2D eigenvalue weighted by atomic mass is 10.1. The summed E-state index contributed by atoms with van der Waals surface area (Å²) in [4.78, 5) is 14.0.